The first-order chi connectivity index (χ1) is 17.9. The highest BCUT2D eigenvalue weighted by Gasteiger charge is 2.53. The van der Waals surface area contributed by atoms with Crippen molar-refractivity contribution in [3.63, 3.8) is 0 Å². The van der Waals surface area contributed by atoms with Gasteiger partial charge >= 0.3 is 0 Å². The van der Waals surface area contributed by atoms with E-state index in [1.165, 1.54) is 23.6 Å². The maximum absolute atomic E-state index is 14.0. The molecule has 0 aliphatic carbocycles. The molecule has 1 aromatic carbocycles. The number of hydrogen-bond acceptors (Lipinski definition) is 8. The lowest BCUT2D eigenvalue weighted by Gasteiger charge is -2.41. The van der Waals surface area contributed by atoms with Crippen LogP contribution in [-0.2, 0) is 25.6 Å². The first-order valence-electron chi connectivity index (χ1n) is 12.9. The number of hydrogen-bond donors (Lipinski definition) is 5. The number of carbonyl (C=O) groups excluding carboxylic acids is 4. The van der Waals surface area contributed by atoms with Gasteiger partial charge in [0.2, 0.25) is 23.6 Å². The number of aliphatic hydroxyl groups is 2. The molecule has 0 aromatic heterocycles. The Labute approximate surface area is 222 Å². The Kier molecular flexibility index (Phi) is 9.34. The van der Waals surface area contributed by atoms with Crippen LogP contribution in [0.2, 0.25) is 0 Å². The van der Waals surface area contributed by atoms with Gasteiger partial charge in [0.15, 0.2) is 0 Å². The number of nitrogens with one attached hydrogen (secondary N) is 1. The van der Waals surface area contributed by atoms with Crippen LogP contribution in [0.4, 0.5) is 0 Å². The molecule has 3 rings (SSSR count). The van der Waals surface area contributed by atoms with Gasteiger partial charge in [-0.05, 0) is 57.2 Å². The van der Waals surface area contributed by atoms with Gasteiger partial charge in [0.25, 0.3) is 0 Å². The second kappa shape index (κ2) is 12.1. The summed E-state index contributed by atoms with van der Waals surface area (Å²) in [6.07, 6.45) is -0.415. The van der Waals surface area contributed by atoms with Crippen LogP contribution in [0.25, 0.3) is 0 Å². The minimum absolute atomic E-state index is 0.133. The maximum Gasteiger partial charge on any atom is 0.247 e. The standard InChI is InChI=1S/C26H39N5O7/c1-15(32)20(27)24(36)30-12-4-6-19(30)23(35)31-13-5-11-26(31,14-17-7-9-18(38-3)10-8-17)25(37)29-21(16(2)33)22(28)34/h7-10,15-16,19-21,32-33H,4-6,11-14,27H2,1-3H3,(H2,28,34)(H,29,37). The number of amides is 4. The van der Waals surface area contributed by atoms with Gasteiger partial charge in [0.1, 0.15) is 29.4 Å². The Morgan fingerprint density at radius 3 is 2.32 bits per heavy atom. The van der Waals surface area contributed by atoms with E-state index in [9.17, 15) is 29.4 Å². The van der Waals surface area contributed by atoms with Gasteiger partial charge in [-0.1, -0.05) is 12.1 Å². The molecule has 2 saturated heterocycles. The average molecular weight is 534 g/mol. The van der Waals surface area contributed by atoms with Crippen LogP contribution in [-0.4, -0.2) is 99.7 Å². The molecule has 210 valence electrons. The van der Waals surface area contributed by atoms with Gasteiger partial charge in [-0.25, -0.2) is 0 Å². The smallest absolute Gasteiger partial charge is 0.247 e. The summed E-state index contributed by atoms with van der Waals surface area (Å²) in [5, 5.41) is 22.5. The number of nitrogens with two attached hydrogens (primary N) is 2. The van der Waals surface area contributed by atoms with Crippen LogP contribution >= 0.6 is 0 Å². The second-order valence-corrected chi connectivity index (χ2v) is 10.2. The van der Waals surface area contributed by atoms with Gasteiger partial charge < -0.3 is 41.5 Å². The van der Waals surface area contributed by atoms with Crippen LogP contribution in [0.15, 0.2) is 24.3 Å². The summed E-state index contributed by atoms with van der Waals surface area (Å²) in [6, 6.07) is 3.73. The Morgan fingerprint density at radius 2 is 1.76 bits per heavy atom. The highest BCUT2D eigenvalue weighted by atomic mass is 16.5. The summed E-state index contributed by atoms with van der Waals surface area (Å²) < 4.78 is 5.23. The zero-order valence-electron chi connectivity index (χ0n) is 22.1. The van der Waals surface area contributed by atoms with E-state index in [2.05, 4.69) is 5.32 Å². The lowest BCUT2D eigenvalue weighted by molar-refractivity contribution is -0.152. The molecule has 2 aliphatic heterocycles. The van der Waals surface area contributed by atoms with E-state index in [-0.39, 0.29) is 13.0 Å². The van der Waals surface area contributed by atoms with Crippen molar-refractivity contribution in [1.29, 1.82) is 0 Å². The molecule has 12 heteroatoms. The zero-order chi connectivity index (χ0) is 28.2. The van der Waals surface area contributed by atoms with Crippen molar-refractivity contribution in [3.8, 4) is 5.75 Å². The van der Waals surface area contributed by atoms with Gasteiger partial charge in [-0.2, -0.15) is 0 Å². The molecule has 0 bridgehead atoms. The fourth-order valence-electron chi connectivity index (χ4n) is 5.35. The van der Waals surface area contributed by atoms with Crippen LogP contribution in [0.1, 0.15) is 45.1 Å². The third-order valence-corrected chi connectivity index (χ3v) is 7.53. The van der Waals surface area contributed by atoms with Crippen molar-refractivity contribution in [2.45, 2.75) is 81.8 Å². The summed E-state index contributed by atoms with van der Waals surface area (Å²) in [5.74, 6) is -1.81. The monoisotopic (exact) mass is 533 g/mol. The van der Waals surface area contributed by atoms with E-state index in [4.69, 9.17) is 16.2 Å². The summed E-state index contributed by atoms with van der Waals surface area (Å²) in [5.41, 5.74) is 10.7. The molecule has 12 nitrogen and oxygen atoms in total. The lowest BCUT2D eigenvalue weighted by Crippen LogP contribution is -2.65. The fraction of sp³-hybridized carbons (Fsp3) is 0.615. The lowest BCUT2D eigenvalue weighted by atomic mass is 9.86. The number of aliphatic hydroxyl groups excluding tert-OH is 2. The Morgan fingerprint density at radius 1 is 1.11 bits per heavy atom. The molecular weight excluding hydrogens is 494 g/mol. The number of carbonyl (C=O) groups is 4. The fourth-order valence-corrected chi connectivity index (χ4v) is 5.35. The molecule has 6 unspecified atom stereocenters. The predicted molar refractivity (Wildman–Crippen MR) is 138 cm³/mol. The normalized spacial score (nSPS) is 24.4. The molecule has 2 fully saturated rings. The third-order valence-electron chi connectivity index (χ3n) is 7.53. The predicted octanol–water partition coefficient (Wildman–Crippen LogP) is -1.35. The Balaban J connectivity index is 1.98. The molecule has 38 heavy (non-hydrogen) atoms. The number of benzene rings is 1. The third kappa shape index (κ3) is 5.92. The quantitative estimate of drug-likeness (QED) is 0.244. The minimum atomic E-state index is -1.39. The number of likely N-dealkylation sites (tertiary alicyclic amines) is 2. The maximum atomic E-state index is 14.0. The summed E-state index contributed by atoms with van der Waals surface area (Å²) in [7, 11) is 1.54. The molecule has 2 aliphatic rings. The first kappa shape index (κ1) is 29.3. The van der Waals surface area contributed by atoms with Crippen LogP contribution in [0.5, 0.6) is 5.75 Å². The topological polar surface area (TPSA) is 189 Å². The molecule has 0 spiro atoms. The molecule has 1 aromatic rings. The number of rotatable bonds is 10. The molecule has 6 atom stereocenters. The molecule has 2 heterocycles. The summed E-state index contributed by atoms with van der Waals surface area (Å²) in [4.78, 5) is 55.7. The van der Waals surface area contributed by atoms with Gasteiger partial charge in [0, 0.05) is 19.5 Å². The number of methoxy groups -OCH3 is 1. The summed E-state index contributed by atoms with van der Waals surface area (Å²) >= 11 is 0. The van der Waals surface area contributed by atoms with E-state index in [1.807, 2.05) is 0 Å². The van der Waals surface area contributed by atoms with Crippen molar-refractivity contribution in [2.75, 3.05) is 20.2 Å². The Hall–Kier alpha value is -3.22. The largest absolute Gasteiger partial charge is 0.497 e. The van der Waals surface area contributed by atoms with Crippen molar-refractivity contribution < 1.29 is 34.1 Å². The van der Waals surface area contributed by atoms with Crippen molar-refractivity contribution in [2.24, 2.45) is 11.5 Å². The zero-order valence-corrected chi connectivity index (χ0v) is 22.1. The second-order valence-electron chi connectivity index (χ2n) is 10.2. The SMILES string of the molecule is COc1ccc(CC2(C(=O)NC(C(N)=O)C(C)O)CCCN2C(=O)C2CCCN2C(=O)C(N)C(C)O)cc1. The molecule has 4 amide bonds. The van der Waals surface area contributed by atoms with E-state index in [0.717, 1.165) is 5.56 Å². The van der Waals surface area contributed by atoms with Gasteiger partial charge in [0.05, 0.1) is 19.3 Å². The number of ether oxygens (including phenoxy) is 1. The highest BCUT2D eigenvalue weighted by molar-refractivity contribution is 5.98. The highest BCUT2D eigenvalue weighted by Crippen LogP contribution is 2.36. The molecule has 0 radical (unpaired) electrons. The summed E-state index contributed by atoms with van der Waals surface area (Å²) in [6.45, 7) is 3.33. The van der Waals surface area contributed by atoms with Gasteiger partial charge in [-0.15, -0.1) is 0 Å². The minimum Gasteiger partial charge on any atom is -0.497 e. The number of primary amides is 1. The van der Waals surface area contributed by atoms with E-state index in [1.54, 1.807) is 31.4 Å². The average Bonchev–Trinajstić information content (AvgIpc) is 3.54. The molecular formula is C26H39N5O7. The molecule has 0 saturated carbocycles. The number of nitrogens with zero attached hydrogens (tertiary/aromatic N) is 2. The van der Waals surface area contributed by atoms with E-state index < -0.39 is 59.5 Å². The molecule has 7 N–H and O–H groups in total. The van der Waals surface area contributed by atoms with E-state index >= 15 is 0 Å². The van der Waals surface area contributed by atoms with Crippen LogP contribution in [0.3, 0.4) is 0 Å². The van der Waals surface area contributed by atoms with Crippen molar-refractivity contribution in [1.82, 2.24) is 15.1 Å². The van der Waals surface area contributed by atoms with E-state index in [0.29, 0.717) is 38.0 Å². The van der Waals surface area contributed by atoms with Crippen molar-refractivity contribution in [3.05, 3.63) is 29.8 Å². The van der Waals surface area contributed by atoms with Crippen LogP contribution in [0, 0.1) is 0 Å². The first-order valence-corrected chi connectivity index (χ1v) is 12.9. The van der Waals surface area contributed by atoms with Crippen molar-refractivity contribution >= 4 is 23.6 Å². The van der Waals surface area contributed by atoms with Gasteiger partial charge in [-0.3, -0.25) is 19.2 Å². The Bertz CT molecular complexity index is 1030. The van der Waals surface area contributed by atoms with Crippen LogP contribution < -0.4 is 21.5 Å².